The summed E-state index contributed by atoms with van der Waals surface area (Å²) >= 11 is 0. The van der Waals surface area contributed by atoms with E-state index in [0.29, 0.717) is 6.04 Å². The molecule has 1 aliphatic rings. The lowest BCUT2D eigenvalue weighted by Gasteiger charge is -2.31. The van der Waals surface area contributed by atoms with Gasteiger partial charge in [0.15, 0.2) is 0 Å². The SMILES string of the molecule is CCCNC(CN(C)c1cc(C)cc(C)c1)C1CCCC1. The van der Waals surface area contributed by atoms with Gasteiger partial charge in [-0.15, -0.1) is 0 Å². The third-order valence-corrected chi connectivity index (χ3v) is 4.74. The Morgan fingerprint density at radius 2 is 1.76 bits per heavy atom. The van der Waals surface area contributed by atoms with E-state index in [1.54, 1.807) is 0 Å². The van der Waals surface area contributed by atoms with Crippen molar-refractivity contribution in [3.8, 4) is 0 Å². The molecule has 118 valence electrons. The highest BCUT2D eigenvalue weighted by Crippen LogP contribution is 2.29. The van der Waals surface area contributed by atoms with E-state index in [9.17, 15) is 0 Å². The Kier molecular flexibility index (Phi) is 6.10. The van der Waals surface area contributed by atoms with Crippen LogP contribution in [0.2, 0.25) is 0 Å². The van der Waals surface area contributed by atoms with Crippen LogP contribution in [0.25, 0.3) is 0 Å². The second-order valence-electron chi connectivity index (χ2n) is 6.83. The van der Waals surface area contributed by atoms with Gasteiger partial charge in [0, 0.05) is 25.3 Å². The van der Waals surface area contributed by atoms with Crippen LogP contribution in [-0.4, -0.2) is 26.2 Å². The van der Waals surface area contributed by atoms with Crippen molar-refractivity contribution < 1.29 is 0 Å². The second kappa shape index (κ2) is 7.84. The molecule has 1 aromatic carbocycles. The van der Waals surface area contributed by atoms with Crippen molar-refractivity contribution >= 4 is 5.69 Å². The second-order valence-corrected chi connectivity index (χ2v) is 6.83. The summed E-state index contributed by atoms with van der Waals surface area (Å²) in [6.07, 6.45) is 6.87. The fourth-order valence-electron chi connectivity index (χ4n) is 3.64. The van der Waals surface area contributed by atoms with E-state index in [0.717, 1.165) is 19.0 Å². The topological polar surface area (TPSA) is 15.3 Å². The Morgan fingerprint density at radius 3 is 2.33 bits per heavy atom. The molecule has 0 saturated heterocycles. The van der Waals surface area contributed by atoms with Gasteiger partial charge >= 0.3 is 0 Å². The standard InChI is InChI=1S/C19H32N2/c1-5-10-20-19(17-8-6-7-9-17)14-21(4)18-12-15(2)11-16(3)13-18/h11-13,17,19-20H,5-10,14H2,1-4H3. The Hall–Kier alpha value is -1.02. The maximum absolute atomic E-state index is 3.80. The van der Waals surface area contributed by atoms with E-state index in [2.05, 4.69) is 56.2 Å². The molecular weight excluding hydrogens is 256 g/mol. The van der Waals surface area contributed by atoms with Gasteiger partial charge in [-0.25, -0.2) is 0 Å². The van der Waals surface area contributed by atoms with Gasteiger partial charge in [-0.3, -0.25) is 0 Å². The zero-order valence-electron chi connectivity index (χ0n) is 14.3. The fraction of sp³-hybridized carbons (Fsp3) is 0.684. The number of anilines is 1. The van der Waals surface area contributed by atoms with E-state index >= 15 is 0 Å². The molecule has 0 radical (unpaired) electrons. The first kappa shape index (κ1) is 16.4. The number of nitrogens with one attached hydrogen (secondary N) is 1. The van der Waals surface area contributed by atoms with Crippen LogP contribution in [0.3, 0.4) is 0 Å². The average molecular weight is 288 g/mol. The molecule has 2 nitrogen and oxygen atoms in total. The first-order valence-electron chi connectivity index (χ1n) is 8.63. The molecule has 21 heavy (non-hydrogen) atoms. The zero-order chi connectivity index (χ0) is 15.2. The van der Waals surface area contributed by atoms with Crippen molar-refractivity contribution in [1.82, 2.24) is 5.32 Å². The molecule has 0 aliphatic heterocycles. The van der Waals surface area contributed by atoms with Crippen molar-refractivity contribution in [2.75, 3.05) is 25.0 Å². The van der Waals surface area contributed by atoms with Crippen LogP contribution in [0, 0.1) is 19.8 Å². The van der Waals surface area contributed by atoms with Crippen LogP contribution in [-0.2, 0) is 0 Å². The Morgan fingerprint density at radius 1 is 1.14 bits per heavy atom. The van der Waals surface area contributed by atoms with Gasteiger partial charge in [-0.05, 0) is 68.8 Å². The van der Waals surface area contributed by atoms with Gasteiger partial charge in [0.2, 0.25) is 0 Å². The van der Waals surface area contributed by atoms with E-state index in [-0.39, 0.29) is 0 Å². The first-order chi connectivity index (χ1) is 10.1. The summed E-state index contributed by atoms with van der Waals surface area (Å²) in [5, 5.41) is 3.80. The lowest BCUT2D eigenvalue weighted by Crippen LogP contribution is -2.44. The van der Waals surface area contributed by atoms with E-state index < -0.39 is 0 Å². The molecule has 2 heteroatoms. The van der Waals surface area contributed by atoms with Crippen molar-refractivity contribution in [2.24, 2.45) is 5.92 Å². The number of aryl methyl sites for hydroxylation is 2. The molecule has 0 spiro atoms. The first-order valence-corrected chi connectivity index (χ1v) is 8.63. The maximum Gasteiger partial charge on any atom is 0.0369 e. The molecule has 1 fully saturated rings. The molecule has 0 bridgehead atoms. The largest absolute Gasteiger partial charge is 0.373 e. The van der Waals surface area contributed by atoms with Gasteiger partial charge in [0.1, 0.15) is 0 Å². The van der Waals surface area contributed by atoms with Gasteiger partial charge in [0.25, 0.3) is 0 Å². The van der Waals surface area contributed by atoms with Crippen molar-refractivity contribution in [1.29, 1.82) is 0 Å². The molecule has 0 heterocycles. The quantitative estimate of drug-likeness (QED) is 0.805. The lowest BCUT2D eigenvalue weighted by atomic mass is 9.97. The van der Waals surface area contributed by atoms with E-state index in [1.165, 1.54) is 48.9 Å². The smallest absolute Gasteiger partial charge is 0.0369 e. The van der Waals surface area contributed by atoms with Gasteiger partial charge in [-0.1, -0.05) is 25.8 Å². The van der Waals surface area contributed by atoms with Crippen LogP contribution in [0.4, 0.5) is 5.69 Å². The predicted molar refractivity (Wildman–Crippen MR) is 93.2 cm³/mol. The molecule has 0 aromatic heterocycles. The summed E-state index contributed by atoms with van der Waals surface area (Å²) in [6, 6.07) is 7.50. The molecule has 0 amide bonds. The lowest BCUT2D eigenvalue weighted by molar-refractivity contribution is 0.361. The third-order valence-electron chi connectivity index (χ3n) is 4.74. The minimum atomic E-state index is 0.637. The summed E-state index contributed by atoms with van der Waals surface area (Å²) in [5.74, 6) is 0.866. The summed E-state index contributed by atoms with van der Waals surface area (Å²) in [6.45, 7) is 8.89. The third kappa shape index (κ3) is 4.74. The average Bonchev–Trinajstić information content (AvgIpc) is 2.96. The Bertz CT molecular complexity index is 415. The number of rotatable bonds is 7. The summed E-state index contributed by atoms with van der Waals surface area (Å²) in [7, 11) is 2.24. The Labute approximate surface area is 130 Å². The summed E-state index contributed by atoms with van der Waals surface area (Å²) in [5.41, 5.74) is 4.07. The van der Waals surface area contributed by atoms with Crippen LogP contribution in [0.1, 0.15) is 50.2 Å². The minimum Gasteiger partial charge on any atom is -0.373 e. The highest BCUT2D eigenvalue weighted by Gasteiger charge is 2.25. The highest BCUT2D eigenvalue weighted by molar-refractivity contribution is 5.50. The highest BCUT2D eigenvalue weighted by atomic mass is 15.1. The number of hydrogen-bond donors (Lipinski definition) is 1. The molecular formula is C19H32N2. The number of hydrogen-bond acceptors (Lipinski definition) is 2. The zero-order valence-corrected chi connectivity index (χ0v) is 14.3. The molecule has 1 aliphatic carbocycles. The van der Waals surface area contributed by atoms with Crippen LogP contribution >= 0.6 is 0 Å². The van der Waals surface area contributed by atoms with Crippen LogP contribution < -0.4 is 10.2 Å². The predicted octanol–water partition coefficient (Wildman–Crippen LogP) is 4.30. The van der Waals surface area contributed by atoms with E-state index in [1.807, 2.05) is 0 Å². The summed E-state index contributed by atoms with van der Waals surface area (Å²) in [4.78, 5) is 2.44. The summed E-state index contributed by atoms with van der Waals surface area (Å²) < 4.78 is 0. The van der Waals surface area contributed by atoms with Crippen molar-refractivity contribution in [3.63, 3.8) is 0 Å². The minimum absolute atomic E-state index is 0.637. The normalized spacial score (nSPS) is 17.1. The van der Waals surface area contributed by atoms with Gasteiger partial charge < -0.3 is 10.2 Å². The maximum atomic E-state index is 3.80. The fourth-order valence-corrected chi connectivity index (χ4v) is 3.64. The molecule has 1 N–H and O–H groups in total. The molecule has 1 unspecified atom stereocenters. The monoisotopic (exact) mass is 288 g/mol. The van der Waals surface area contributed by atoms with Crippen molar-refractivity contribution in [2.45, 2.75) is 58.9 Å². The van der Waals surface area contributed by atoms with Crippen molar-refractivity contribution in [3.05, 3.63) is 29.3 Å². The molecule has 1 atom stereocenters. The molecule has 1 saturated carbocycles. The number of benzene rings is 1. The Balaban J connectivity index is 2.03. The molecule has 1 aromatic rings. The van der Waals surface area contributed by atoms with Gasteiger partial charge in [0.05, 0.1) is 0 Å². The van der Waals surface area contributed by atoms with Gasteiger partial charge in [-0.2, -0.15) is 0 Å². The van der Waals surface area contributed by atoms with E-state index in [4.69, 9.17) is 0 Å². The van der Waals surface area contributed by atoms with Crippen LogP contribution in [0.15, 0.2) is 18.2 Å². The number of likely N-dealkylation sites (N-methyl/N-ethyl adjacent to an activating group) is 1. The number of nitrogens with zero attached hydrogens (tertiary/aromatic N) is 1. The van der Waals surface area contributed by atoms with Crippen LogP contribution in [0.5, 0.6) is 0 Å². The molecule has 2 rings (SSSR count).